The number of benzene rings is 3. The number of phenols is 2. The normalized spacial score (nSPS) is 10.5. The van der Waals surface area contributed by atoms with Crippen LogP contribution in [0.15, 0.2) is 91.3 Å². The molecule has 0 unspecified atom stereocenters. The highest BCUT2D eigenvalue weighted by atomic mass is 16.5. The van der Waals surface area contributed by atoms with Crippen LogP contribution in [0.3, 0.4) is 0 Å². The second-order valence-corrected chi connectivity index (χ2v) is 8.51. The fraction of sp³-hybridized carbons (Fsp3) is 0.138. The summed E-state index contributed by atoms with van der Waals surface area (Å²) in [5.41, 5.74) is 2.81. The Bertz CT molecular complexity index is 1370. The van der Waals surface area contributed by atoms with E-state index in [9.17, 15) is 19.8 Å². The summed E-state index contributed by atoms with van der Waals surface area (Å²) in [5.74, 6) is -0.345. The number of amides is 2. The number of carbonyl (C=O) groups is 2. The third kappa shape index (κ3) is 6.05. The minimum Gasteiger partial charge on any atom is -0.508 e. The molecule has 8 nitrogen and oxygen atoms in total. The van der Waals surface area contributed by atoms with Gasteiger partial charge in [-0.1, -0.05) is 18.2 Å². The molecule has 0 radical (unpaired) electrons. The molecule has 37 heavy (non-hydrogen) atoms. The van der Waals surface area contributed by atoms with Crippen LogP contribution in [-0.2, 0) is 13.1 Å². The average Bonchev–Trinajstić information content (AvgIpc) is 2.92. The Morgan fingerprint density at radius 3 is 2.22 bits per heavy atom. The standard InChI is InChI=1S/C29H27N3O5/c1-31(18-20-5-12-25(37-2)13-6-20)28(35)22-7-9-23(10-8-22)32(19-21-4-3-15-30-17-21)29(36)26-14-11-24(33)16-27(26)34/h3-17,33-34H,18-19H2,1-2H3. The van der Waals surface area contributed by atoms with Gasteiger partial charge in [0.25, 0.3) is 11.8 Å². The topological polar surface area (TPSA) is 103 Å². The molecule has 4 rings (SSSR count). The number of hydrogen-bond donors (Lipinski definition) is 2. The molecule has 3 aromatic carbocycles. The predicted molar refractivity (Wildman–Crippen MR) is 140 cm³/mol. The van der Waals surface area contributed by atoms with Gasteiger partial charge in [-0.2, -0.15) is 0 Å². The third-order valence-corrected chi connectivity index (χ3v) is 5.87. The molecule has 2 amide bonds. The Hall–Kier alpha value is -4.85. The highest BCUT2D eigenvalue weighted by Gasteiger charge is 2.22. The molecule has 1 heterocycles. The lowest BCUT2D eigenvalue weighted by atomic mass is 10.1. The molecule has 0 spiro atoms. The Balaban J connectivity index is 1.56. The number of aromatic nitrogens is 1. The molecule has 2 N–H and O–H groups in total. The van der Waals surface area contributed by atoms with Gasteiger partial charge in [0, 0.05) is 43.3 Å². The molecule has 0 fully saturated rings. The highest BCUT2D eigenvalue weighted by Crippen LogP contribution is 2.28. The zero-order chi connectivity index (χ0) is 26.4. The SMILES string of the molecule is COc1ccc(CN(C)C(=O)c2ccc(N(Cc3cccnc3)C(=O)c3ccc(O)cc3O)cc2)cc1. The van der Waals surface area contributed by atoms with Gasteiger partial charge in [0.1, 0.15) is 17.2 Å². The number of rotatable bonds is 8. The van der Waals surface area contributed by atoms with E-state index in [2.05, 4.69) is 4.98 Å². The Labute approximate surface area is 215 Å². The number of hydrogen-bond acceptors (Lipinski definition) is 6. The van der Waals surface area contributed by atoms with Gasteiger partial charge >= 0.3 is 0 Å². The molecule has 0 atom stereocenters. The molecule has 0 saturated carbocycles. The summed E-state index contributed by atoms with van der Waals surface area (Å²) >= 11 is 0. The maximum Gasteiger partial charge on any atom is 0.262 e. The molecule has 0 aliphatic heterocycles. The number of anilines is 1. The van der Waals surface area contributed by atoms with Crippen LogP contribution in [0.1, 0.15) is 31.8 Å². The molecule has 0 aliphatic rings. The smallest absolute Gasteiger partial charge is 0.262 e. The van der Waals surface area contributed by atoms with E-state index in [1.165, 1.54) is 17.0 Å². The predicted octanol–water partition coefficient (Wildman–Crippen LogP) is 4.62. The van der Waals surface area contributed by atoms with Crippen molar-refractivity contribution < 1.29 is 24.5 Å². The first-order valence-electron chi connectivity index (χ1n) is 11.6. The first kappa shape index (κ1) is 25.2. The summed E-state index contributed by atoms with van der Waals surface area (Å²) in [6.45, 7) is 0.619. The van der Waals surface area contributed by atoms with E-state index < -0.39 is 5.91 Å². The van der Waals surface area contributed by atoms with Crippen LogP contribution in [0, 0.1) is 0 Å². The summed E-state index contributed by atoms with van der Waals surface area (Å²) in [6.07, 6.45) is 3.30. The Kier molecular flexibility index (Phi) is 7.68. The minimum absolute atomic E-state index is 0.0427. The van der Waals surface area contributed by atoms with Crippen molar-refractivity contribution in [3.8, 4) is 17.2 Å². The molecule has 0 saturated heterocycles. The monoisotopic (exact) mass is 497 g/mol. The first-order valence-corrected chi connectivity index (χ1v) is 11.6. The number of aromatic hydroxyl groups is 2. The maximum atomic E-state index is 13.4. The quantitative estimate of drug-likeness (QED) is 0.368. The van der Waals surface area contributed by atoms with Crippen LogP contribution in [-0.4, -0.2) is 46.1 Å². The van der Waals surface area contributed by atoms with Gasteiger partial charge in [0.15, 0.2) is 0 Å². The van der Waals surface area contributed by atoms with Gasteiger partial charge in [-0.25, -0.2) is 0 Å². The lowest BCUT2D eigenvalue weighted by molar-refractivity contribution is 0.0785. The Morgan fingerprint density at radius 2 is 1.59 bits per heavy atom. The average molecular weight is 498 g/mol. The molecule has 4 aromatic rings. The molecular formula is C29H27N3O5. The third-order valence-electron chi connectivity index (χ3n) is 5.87. The zero-order valence-electron chi connectivity index (χ0n) is 20.5. The molecular weight excluding hydrogens is 470 g/mol. The van der Waals surface area contributed by atoms with Crippen molar-refractivity contribution in [2.75, 3.05) is 19.1 Å². The van der Waals surface area contributed by atoms with Gasteiger partial charge in [-0.05, 0) is 65.7 Å². The van der Waals surface area contributed by atoms with Gasteiger partial charge < -0.3 is 24.7 Å². The fourth-order valence-electron chi connectivity index (χ4n) is 3.88. The van der Waals surface area contributed by atoms with Crippen molar-refractivity contribution in [3.63, 3.8) is 0 Å². The van der Waals surface area contributed by atoms with Gasteiger partial charge in [0.05, 0.1) is 19.2 Å². The van der Waals surface area contributed by atoms with Crippen LogP contribution in [0.4, 0.5) is 5.69 Å². The van der Waals surface area contributed by atoms with Crippen LogP contribution < -0.4 is 9.64 Å². The van der Waals surface area contributed by atoms with Gasteiger partial charge in [-0.3, -0.25) is 14.6 Å². The lowest BCUT2D eigenvalue weighted by Gasteiger charge is -2.24. The van der Waals surface area contributed by atoms with Crippen LogP contribution in [0.5, 0.6) is 17.2 Å². The van der Waals surface area contributed by atoms with Crippen molar-refractivity contribution in [1.82, 2.24) is 9.88 Å². The van der Waals surface area contributed by atoms with E-state index in [1.807, 2.05) is 30.3 Å². The summed E-state index contributed by atoms with van der Waals surface area (Å²) in [7, 11) is 3.33. The molecule has 0 aliphatic carbocycles. The largest absolute Gasteiger partial charge is 0.508 e. The van der Waals surface area contributed by atoms with E-state index in [0.717, 1.165) is 22.9 Å². The second kappa shape index (κ2) is 11.3. The number of phenolic OH excluding ortho intramolecular Hbond substituents is 2. The first-order chi connectivity index (χ1) is 17.9. The van der Waals surface area contributed by atoms with Gasteiger partial charge in [0.2, 0.25) is 0 Å². The summed E-state index contributed by atoms with van der Waals surface area (Å²) in [4.78, 5) is 33.7. The van der Waals surface area contributed by atoms with E-state index >= 15 is 0 Å². The minimum atomic E-state index is -0.461. The summed E-state index contributed by atoms with van der Waals surface area (Å²) in [6, 6.07) is 21.7. The molecule has 8 heteroatoms. The number of carbonyl (C=O) groups excluding carboxylic acids is 2. The fourth-order valence-corrected chi connectivity index (χ4v) is 3.88. The van der Waals surface area contributed by atoms with E-state index in [4.69, 9.17) is 4.74 Å². The lowest BCUT2D eigenvalue weighted by Crippen LogP contribution is -2.31. The molecule has 1 aromatic heterocycles. The number of pyridine rings is 1. The van der Waals surface area contributed by atoms with Crippen LogP contribution >= 0.6 is 0 Å². The van der Waals surface area contributed by atoms with Crippen molar-refractivity contribution in [1.29, 1.82) is 0 Å². The van der Waals surface area contributed by atoms with Gasteiger partial charge in [-0.15, -0.1) is 0 Å². The summed E-state index contributed by atoms with van der Waals surface area (Å²) in [5, 5.41) is 19.9. The van der Waals surface area contributed by atoms with Crippen molar-refractivity contribution >= 4 is 17.5 Å². The van der Waals surface area contributed by atoms with Crippen molar-refractivity contribution in [2.45, 2.75) is 13.1 Å². The number of ether oxygens (including phenoxy) is 1. The number of methoxy groups -OCH3 is 1. The zero-order valence-corrected chi connectivity index (χ0v) is 20.5. The Morgan fingerprint density at radius 1 is 0.865 bits per heavy atom. The van der Waals surface area contributed by atoms with Crippen LogP contribution in [0.25, 0.3) is 0 Å². The number of nitrogens with zero attached hydrogens (tertiary/aromatic N) is 3. The molecule has 188 valence electrons. The van der Waals surface area contributed by atoms with Crippen molar-refractivity contribution in [2.24, 2.45) is 0 Å². The van der Waals surface area contributed by atoms with E-state index in [0.29, 0.717) is 17.8 Å². The van der Waals surface area contributed by atoms with Crippen LogP contribution in [0.2, 0.25) is 0 Å². The van der Waals surface area contributed by atoms with Crippen molar-refractivity contribution in [3.05, 3.63) is 114 Å². The van der Waals surface area contributed by atoms with E-state index in [1.54, 1.807) is 61.8 Å². The highest BCUT2D eigenvalue weighted by molar-refractivity contribution is 6.08. The maximum absolute atomic E-state index is 13.4. The van der Waals surface area contributed by atoms with E-state index in [-0.39, 0.29) is 29.5 Å². The summed E-state index contributed by atoms with van der Waals surface area (Å²) < 4.78 is 5.18. The second-order valence-electron chi connectivity index (χ2n) is 8.51. The molecule has 0 bridgehead atoms.